The van der Waals surface area contributed by atoms with E-state index in [0.29, 0.717) is 11.3 Å². The summed E-state index contributed by atoms with van der Waals surface area (Å²) in [5.41, 5.74) is 0.496. The van der Waals surface area contributed by atoms with Crippen LogP contribution in [0, 0.1) is 0 Å². The molecule has 3 aromatic rings. The van der Waals surface area contributed by atoms with Crippen molar-refractivity contribution in [1.29, 1.82) is 0 Å². The Bertz CT molecular complexity index is 1190. The van der Waals surface area contributed by atoms with E-state index in [9.17, 15) is 16.8 Å². The summed E-state index contributed by atoms with van der Waals surface area (Å²) in [7, 11) is -5.04. The summed E-state index contributed by atoms with van der Waals surface area (Å²) in [5.74, 6) is 0.535. The van der Waals surface area contributed by atoms with Crippen molar-refractivity contribution in [3.8, 4) is 11.5 Å². The van der Waals surface area contributed by atoms with Gasteiger partial charge in [0.05, 0.1) is 14.2 Å². The summed E-state index contributed by atoms with van der Waals surface area (Å²) >= 11 is 1.09. The zero-order valence-electron chi connectivity index (χ0n) is 16.3. The molecule has 0 bridgehead atoms. The molecule has 1 heterocycles. The van der Waals surface area contributed by atoms with Gasteiger partial charge in [0, 0.05) is 12.6 Å². The summed E-state index contributed by atoms with van der Waals surface area (Å²) in [6, 6.07) is 16.0. The van der Waals surface area contributed by atoms with Gasteiger partial charge in [-0.15, -0.1) is 11.3 Å². The fourth-order valence-electron chi connectivity index (χ4n) is 2.90. The van der Waals surface area contributed by atoms with Gasteiger partial charge in [-0.3, -0.25) is 0 Å². The maximum absolute atomic E-state index is 13.2. The predicted molar refractivity (Wildman–Crippen MR) is 115 cm³/mol. The molecule has 30 heavy (non-hydrogen) atoms. The molecule has 10 heteroatoms. The van der Waals surface area contributed by atoms with Crippen LogP contribution in [0.15, 0.2) is 75.1 Å². The Hall–Kier alpha value is -2.40. The van der Waals surface area contributed by atoms with E-state index in [4.69, 9.17) is 9.47 Å². The number of thiophene rings is 1. The minimum Gasteiger partial charge on any atom is -0.497 e. The monoisotopic (exact) mass is 467 g/mol. The highest BCUT2D eigenvalue weighted by molar-refractivity contribution is 7.93. The van der Waals surface area contributed by atoms with Crippen LogP contribution in [0.1, 0.15) is 10.8 Å². The molecule has 1 atom stereocenters. The first-order valence-corrected chi connectivity index (χ1v) is 12.7. The number of benzene rings is 2. The van der Waals surface area contributed by atoms with Gasteiger partial charge >= 0.3 is 0 Å². The highest BCUT2D eigenvalue weighted by Gasteiger charge is 2.32. The Morgan fingerprint density at radius 3 is 2.27 bits per heavy atom. The molecule has 0 aliphatic heterocycles. The summed E-state index contributed by atoms with van der Waals surface area (Å²) in [5, 5.41) is 0.581. The summed E-state index contributed by atoms with van der Waals surface area (Å²) in [4.78, 5) is -0.105. The van der Waals surface area contributed by atoms with E-state index >= 15 is 0 Å². The minimum absolute atomic E-state index is 0.0965. The van der Waals surface area contributed by atoms with Gasteiger partial charge in [0.2, 0.25) is 10.0 Å². The van der Waals surface area contributed by atoms with Gasteiger partial charge in [0.25, 0.3) is 0 Å². The van der Waals surface area contributed by atoms with Gasteiger partial charge in [0.1, 0.15) is 25.9 Å². The van der Waals surface area contributed by atoms with Crippen molar-refractivity contribution < 1.29 is 26.3 Å². The standard InChI is InChI=1S/C20H21NO6S3/c1-26-16-10-11-18(17(13-16)27-2)30(24,25)21-14-19(15-7-4-3-5-8-15)29(22,23)20-9-6-12-28-20/h3-13,19,21H,14H2,1-2H3. The molecule has 3 rings (SSSR count). The number of sulfone groups is 1. The molecule has 0 radical (unpaired) electrons. The Morgan fingerprint density at radius 2 is 1.67 bits per heavy atom. The van der Waals surface area contributed by atoms with Gasteiger partial charge in [0.15, 0.2) is 9.84 Å². The summed E-state index contributed by atoms with van der Waals surface area (Å²) in [6.07, 6.45) is 0. The van der Waals surface area contributed by atoms with Crippen molar-refractivity contribution in [3.05, 3.63) is 71.6 Å². The third-order valence-electron chi connectivity index (χ3n) is 4.44. The quantitative estimate of drug-likeness (QED) is 0.519. The van der Waals surface area contributed by atoms with Crippen LogP contribution < -0.4 is 14.2 Å². The van der Waals surface area contributed by atoms with Gasteiger partial charge in [-0.05, 0) is 29.1 Å². The lowest BCUT2D eigenvalue weighted by Crippen LogP contribution is -2.32. The SMILES string of the molecule is COc1ccc(S(=O)(=O)NCC(c2ccccc2)S(=O)(=O)c2cccs2)c(OC)c1. The van der Waals surface area contributed by atoms with E-state index in [-0.39, 0.29) is 21.4 Å². The van der Waals surface area contributed by atoms with E-state index in [0.717, 1.165) is 11.3 Å². The first kappa shape index (κ1) is 22.3. The van der Waals surface area contributed by atoms with E-state index < -0.39 is 25.1 Å². The second-order valence-electron chi connectivity index (χ2n) is 6.25. The Balaban J connectivity index is 1.95. The van der Waals surface area contributed by atoms with E-state index in [1.807, 2.05) is 0 Å². The molecule has 0 saturated carbocycles. The van der Waals surface area contributed by atoms with Crippen LogP contribution in [0.2, 0.25) is 0 Å². The molecule has 1 aromatic heterocycles. The zero-order valence-corrected chi connectivity index (χ0v) is 18.8. The van der Waals surface area contributed by atoms with Crippen molar-refractivity contribution in [2.45, 2.75) is 14.4 Å². The second-order valence-corrected chi connectivity index (χ2v) is 11.3. The molecule has 0 aliphatic rings. The molecule has 1 N–H and O–H groups in total. The van der Waals surface area contributed by atoms with Crippen molar-refractivity contribution in [2.75, 3.05) is 20.8 Å². The van der Waals surface area contributed by atoms with E-state index in [1.165, 1.54) is 38.5 Å². The van der Waals surface area contributed by atoms with Crippen LogP contribution in [-0.4, -0.2) is 37.6 Å². The van der Waals surface area contributed by atoms with Crippen molar-refractivity contribution >= 4 is 31.2 Å². The molecule has 7 nitrogen and oxygen atoms in total. The van der Waals surface area contributed by atoms with Crippen LogP contribution in [-0.2, 0) is 19.9 Å². The molecule has 0 saturated heterocycles. The third-order valence-corrected chi connectivity index (χ3v) is 9.44. The molecular weight excluding hydrogens is 446 g/mol. The molecule has 0 amide bonds. The highest BCUT2D eigenvalue weighted by atomic mass is 32.2. The first-order valence-electron chi connectivity index (χ1n) is 8.83. The van der Waals surface area contributed by atoms with Crippen molar-refractivity contribution in [2.24, 2.45) is 0 Å². The lowest BCUT2D eigenvalue weighted by atomic mass is 10.1. The van der Waals surface area contributed by atoms with E-state index in [2.05, 4.69) is 4.72 Å². The number of hydrogen-bond donors (Lipinski definition) is 1. The fraction of sp³-hybridized carbons (Fsp3) is 0.200. The number of rotatable bonds is 9. The average molecular weight is 468 g/mol. The van der Waals surface area contributed by atoms with Crippen LogP contribution in [0.4, 0.5) is 0 Å². The maximum Gasteiger partial charge on any atom is 0.244 e. The lowest BCUT2D eigenvalue weighted by molar-refractivity contribution is 0.386. The molecule has 160 valence electrons. The minimum atomic E-state index is -4.05. The zero-order chi connectivity index (χ0) is 21.8. The number of methoxy groups -OCH3 is 2. The molecular formula is C20H21NO6S3. The van der Waals surface area contributed by atoms with Crippen LogP contribution in [0.3, 0.4) is 0 Å². The van der Waals surface area contributed by atoms with Crippen molar-refractivity contribution in [1.82, 2.24) is 4.72 Å². The second kappa shape index (κ2) is 9.17. The Morgan fingerprint density at radius 1 is 0.933 bits per heavy atom. The molecule has 0 fully saturated rings. The molecule has 2 aromatic carbocycles. The Labute approximate surface area is 180 Å². The Kier molecular flexibility index (Phi) is 6.81. The fourth-order valence-corrected chi connectivity index (χ4v) is 7.07. The normalized spacial score (nSPS) is 13.0. The number of sulfonamides is 1. The average Bonchev–Trinajstić information content (AvgIpc) is 3.30. The van der Waals surface area contributed by atoms with Gasteiger partial charge in [-0.25, -0.2) is 21.6 Å². The molecule has 1 unspecified atom stereocenters. The predicted octanol–water partition coefficient (Wildman–Crippen LogP) is 3.26. The number of nitrogens with one attached hydrogen (secondary N) is 1. The van der Waals surface area contributed by atoms with Crippen molar-refractivity contribution in [3.63, 3.8) is 0 Å². The number of ether oxygens (including phenoxy) is 2. The molecule has 0 spiro atoms. The largest absolute Gasteiger partial charge is 0.497 e. The smallest absolute Gasteiger partial charge is 0.244 e. The van der Waals surface area contributed by atoms with Gasteiger partial charge in [-0.2, -0.15) is 0 Å². The van der Waals surface area contributed by atoms with Crippen LogP contribution in [0.25, 0.3) is 0 Å². The third kappa shape index (κ3) is 4.67. The maximum atomic E-state index is 13.2. The number of hydrogen-bond acceptors (Lipinski definition) is 7. The van der Waals surface area contributed by atoms with E-state index in [1.54, 1.807) is 41.8 Å². The summed E-state index contributed by atoms with van der Waals surface area (Å²) in [6.45, 7) is -0.332. The lowest BCUT2D eigenvalue weighted by Gasteiger charge is -2.19. The first-order chi connectivity index (χ1) is 14.3. The molecule has 0 aliphatic carbocycles. The topological polar surface area (TPSA) is 98.8 Å². The van der Waals surface area contributed by atoms with Crippen LogP contribution >= 0.6 is 11.3 Å². The van der Waals surface area contributed by atoms with Gasteiger partial charge < -0.3 is 9.47 Å². The summed E-state index contributed by atoms with van der Waals surface area (Å²) < 4.78 is 65.1. The van der Waals surface area contributed by atoms with Crippen LogP contribution in [0.5, 0.6) is 11.5 Å². The van der Waals surface area contributed by atoms with Gasteiger partial charge in [-0.1, -0.05) is 36.4 Å². The highest BCUT2D eigenvalue weighted by Crippen LogP contribution is 2.32.